The maximum absolute atomic E-state index is 13.4. The normalized spacial score (nSPS) is 23.4. The van der Waals surface area contributed by atoms with Crippen molar-refractivity contribution < 1.29 is 13.6 Å². The van der Waals surface area contributed by atoms with Crippen LogP contribution in [0.3, 0.4) is 0 Å². The number of nitrogens with zero attached hydrogens (tertiary/aromatic N) is 1. The molecule has 106 valence electrons. The standard InChI is InChI=1S/C16H17F2NO/c1-15(17,18)9-19-13-8-11(10-2-3-10)4-5-12(13)16(6-7-16)14(19)20/h4-5,8,10H,2-3,6-7,9H2,1H3. The van der Waals surface area contributed by atoms with E-state index in [9.17, 15) is 13.6 Å². The molecule has 1 spiro atoms. The second-order valence-electron chi connectivity index (χ2n) is 6.59. The number of hydrogen-bond donors (Lipinski definition) is 0. The largest absolute Gasteiger partial charge is 0.305 e. The highest BCUT2D eigenvalue weighted by Gasteiger charge is 2.59. The van der Waals surface area contributed by atoms with E-state index in [0.29, 0.717) is 5.92 Å². The molecule has 0 atom stereocenters. The molecule has 2 saturated carbocycles. The topological polar surface area (TPSA) is 20.3 Å². The van der Waals surface area contributed by atoms with Crippen LogP contribution >= 0.6 is 0 Å². The summed E-state index contributed by atoms with van der Waals surface area (Å²) >= 11 is 0. The molecule has 1 aromatic carbocycles. The van der Waals surface area contributed by atoms with Gasteiger partial charge in [-0.1, -0.05) is 12.1 Å². The number of carbonyl (C=O) groups excluding carboxylic acids is 1. The molecule has 1 heterocycles. The van der Waals surface area contributed by atoms with Gasteiger partial charge in [0.1, 0.15) is 0 Å². The molecular formula is C16H17F2NO. The Balaban J connectivity index is 1.78. The van der Waals surface area contributed by atoms with Crippen LogP contribution in [0.25, 0.3) is 0 Å². The van der Waals surface area contributed by atoms with E-state index in [1.54, 1.807) is 0 Å². The van der Waals surface area contributed by atoms with Crippen LogP contribution in [0.5, 0.6) is 0 Å². The minimum atomic E-state index is -2.86. The number of alkyl halides is 2. The van der Waals surface area contributed by atoms with E-state index in [4.69, 9.17) is 0 Å². The van der Waals surface area contributed by atoms with Gasteiger partial charge in [0.05, 0.1) is 12.0 Å². The van der Waals surface area contributed by atoms with Crippen LogP contribution in [-0.2, 0) is 10.2 Å². The van der Waals surface area contributed by atoms with Crippen molar-refractivity contribution in [1.29, 1.82) is 0 Å². The van der Waals surface area contributed by atoms with E-state index in [2.05, 4.69) is 6.07 Å². The summed E-state index contributed by atoms with van der Waals surface area (Å²) in [5, 5.41) is 0. The molecule has 0 N–H and O–H groups in total. The number of rotatable bonds is 3. The Labute approximate surface area is 116 Å². The number of anilines is 1. The zero-order valence-electron chi connectivity index (χ0n) is 11.5. The Morgan fingerprint density at radius 3 is 2.60 bits per heavy atom. The summed E-state index contributed by atoms with van der Waals surface area (Å²) in [5.41, 5.74) is 2.43. The Morgan fingerprint density at radius 1 is 1.35 bits per heavy atom. The average molecular weight is 277 g/mol. The Kier molecular flexibility index (Phi) is 2.21. The van der Waals surface area contributed by atoms with Crippen LogP contribution in [0.2, 0.25) is 0 Å². The maximum Gasteiger partial charge on any atom is 0.263 e. The molecule has 1 aliphatic heterocycles. The lowest BCUT2D eigenvalue weighted by molar-refractivity contribution is -0.121. The minimum absolute atomic E-state index is 0.123. The van der Waals surface area contributed by atoms with Crippen molar-refractivity contribution in [3.63, 3.8) is 0 Å². The van der Waals surface area contributed by atoms with Crippen molar-refractivity contribution in [2.45, 2.75) is 49.9 Å². The number of carbonyl (C=O) groups is 1. The van der Waals surface area contributed by atoms with Gasteiger partial charge in [-0.2, -0.15) is 0 Å². The van der Waals surface area contributed by atoms with Crippen molar-refractivity contribution in [3.8, 4) is 0 Å². The lowest BCUT2D eigenvalue weighted by Gasteiger charge is -2.22. The molecule has 2 aliphatic carbocycles. The smallest absolute Gasteiger partial charge is 0.263 e. The van der Waals surface area contributed by atoms with Gasteiger partial charge in [0.2, 0.25) is 5.91 Å². The molecule has 20 heavy (non-hydrogen) atoms. The monoisotopic (exact) mass is 277 g/mol. The Bertz CT molecular complexity index is 597. The van der Waals surface area contributed by atoms with Gasteiger partial charge in [-0.05, 0) is 48.8 Å². The lowest BCUT2D eigenvalue weighted by Crippen LogP contribution is -2.39. The fourth-order valence-electron chi connectivity index (χ4n) is 3.37. The molecule has 0 aromatic heterocycles. The zero-order valence-corrected chi connectivity index (χ0v) is 11.5. The maximum atomic E-state index is 13.4. The van der Waals surface area contributed by atoms with Crippen LogP contribution < -0.4 is 4.90 Å². The highest BCUT2D eigenvalue weighted by Crippen LogP contribution is 2.58. The van der Waals surface area contributed by atoms with Gasteiger partial charge >= 0.3 is 0 Å². The van der Waals surface area contributed by atoms with Gasteiger partial charge in [-0.15, -0.1) is 0 Å². The molecule has 4 rings (SSSR count). The third-order valence-corrected chi connectivity index (χ3v) is 4.72. The number of amides is 1. The number of benzene rings is 1. The van der Waals surface area contributed by atoms with E-state index in [0.717, 1.165) is 31.0 Å². The summed E-state index contributed by atoms with van der Waals surface area (Å²) in [7, 11) is 0. The Hall–Kier alpha value is -1.45. The summed E-state index contributed by atoms with van der Waals surface area (Å²) in [6, 6.07) is 6.06. The first-order chi connectivity index (χ1) is 9.41. The van der Waals surface area contributed by atoms with E-state index in [-0.39, 0.29) is 5.91 Å². The van der Waals surface area contributed by atoms with Crippen LogP contribution in [0.1, 0.15) is 49.7 Å². The predicted molar refractivity (Wildman–Crippen MR) is 72.3 cm³/mol. The van der Waals surface area contributed by atoms with Crippen LogP contribution in [-0.4, -0.2) is 18.4 Å². The third-order valence-electron chi connectivity index (χ3n) is 4.72. The van der Waals surface area contributed by atoms with Crippen molar-refractivity contribution >= 4 is 11.6 Å². The van der Waals surface area contributed by atoms with Gasteiger partial charge < -0.3 is 4.90 Å². The van der Waals surface area contributed by atoms with Crippen LogP contribution in [0.4, 0.5) is 14.5 Å². The molecule has 3 aliphatic rings. The van der Waals surface area contributed by atoms with Gasteiger partial charge in [0.25, 0.3) is 5.92 Å². The van der Waals surface area contributed by atoms with E-state index >= 15 is 0 Å². The molecule has 0 radical (unpaired) electrons. The summed E-state index contributed by atoms with van der Waals surface area (Å²) in [5.74, 6) is -2.42. The molecular weight excluding hydrogens is 260 g/mol. The lowest BCUT2D eigenvalue weighted by atomic mass is 9.96. The first-order valence-electron chi connectivity index (χ1n) is 7.25. The molecule has 1 amide bonds. The van der Waals surface area contributed by atoms with Gasteiger partial charge in [-0.25, -0.2) is 8.78 Å². The average Bonchev–Trinajstić information content (AvgIpc) is 3.26. The molecule has 0 saturated heterocycles. The summed E-state index contributed by atoms with van der Waals surface area (Å²) in [6.45, 7) is 0.372. The number of fused-ring (bicyclic) bond motifs is 2. The first kappa shape index (κ1) is 12.3. The minimum Gasteiger partial charge on any atom is -0.305 e. The molecule has 0 unspecified atom stereocenters. The zero-order chi connectivity index (χ0) is 14.1. The second-order valence-corrected chi connectivity index (χ2v) is 6.59. The number of hydrogen-bond acceptors (Lipinski definition) is 1. The highest BCUT2D eigenvalue weighted by molar-refractivity contribution is 6.10. The molecule has 1 aromatic rings. The third kappa shape index (κ3) is 1.70. The quantitative estimate of drug-likeness (QED) is 0.826. The molecule has 0 bridgehead atoms. The van der Waals surface area contributed by atoms with Crippen molar-refractivity contribution in [1.82, 2.24) is 0 Å². The molecule has 2 nitrogen and oxygen atoms in total. The molecule has 2 fully saturated rings. The fraction of sp³-hybridized carbons (Fsp3) is 0.562. The van der Waals surface area contributed by atoms with Gasteiger partial charge in [-0.3, -0.25) is 4.79 Å². The van der Waals surface area contributed by atoms with Crippen molar-refractivity contribution in [2.24, 2.45) is 0 Å². The van der Waals surface area contributed by atoms with E-state index in [1.165, 1.54) is 23.3 Å². The van der Waals surface area contributed by atoms with Crippen LogP contribution in [0.15, 0.2) is 18.2 Å². The van der Waals surface area contributed by atoms with E-state index in [1.807, 2.05) is 12.1 Å². The van der Waals surface area contributed by atoms with Gasteiger partial charge in [0.15, 0.2) is 0 Å². The van der Waals surface area contributed by atoms with E-state index < -0.39 is 17.9 Å². The SMILES string of the molecule is CC(F)(F)CN1C(=O)C2(CC2)c2ccc(C3CC3)cc21. The van der Waals surface area contributed by atoms with Crippen molar-refractivity contribution in [2.75, 3.05) is 11.4 Å². The highest BCUT2D eigenvalue weighted by atomic mass is 19.3. The Morgan fingerprint density at radius 2 is 2.05 bits per heavy atom. The fourth-order valence-corrected chi connectivity index (χ4v) is 3.37. The summed E-state index contributed by atoms with van der Waals surface area (Å²) in [6.07, 6.45) is 3.93. The van der Waals surface area contributed by atoms with Gasteiger partial charge in [0, 0.05) is 12.6 Å². The summed E-state index contributed by atoms with van der Waals surface area (Å²) in [4.78, 5) is 13.8. The predicted octanol–water partition coefficient (Wildman–Crippen LogP) is 3.60. The first-order valence-corrected chi connectivity index (χ1v) is 7.25. The van der Waals surface area contributed by atoms with Crippen molar-refractivity contribution in [3.05, 3.63) is 29.3 Å². The van der Waals surface area contributed by atoms with Crippen LogP contribution in [0, 0.1) is 0 Å². The number of halogens is 2. The summed E-state index contributed by atoms with van der Waals surface area (Å²) < 4.78 is 26.8. The second kappa shape index (κ2) is 3.60. The molecule has 4 heteroatoms.